The average molecular weight is 504 g/mol. The summed E-state index contributed by atoms with van der Waals surface area (Å²) in [6.45, 7) is 9.13. The van der Waals surface area contributed by atoms with Gasteiger partial charge in [-0.05, 0) is 51.8 Å². The second kappa shape index (κ2) is 11.6. The molecule has 2 aromatic rings. The zero-order chi connectivity index (χ0) is 26.4. The van der Waals surface area contributed by atoms with Gasteiger partial charge < -0.3 is 15.0 Å². The number of amides is 2. The maximum Gasteiger partial charge on any atom is 0.244 e. The van der Waals surface area contributed by atoms with Crippen LogP contribution in [0, 0.1) is 6.92 Å². The molecule has 192 valence electrons. The molecule has 0 saturated heterocycles. The predicted octanol–water partition coefficient (Wildman–Crippen LogP) is 3.49. The van der Waals surface area contributed by atoms with Crippen molar-refractivity contribution in [2.45, 2.75) is 59.2 Å². The first-order valence-electron chi connectivity index (χ1n) is 11.5. The molecule has 35 heavy (non-hydrogen) atoms. The number of carbonyl (C=O) groups is 2. The van der Waals surface area contributed by atoms with E-state index in [0.717, 1.165) is 21.7 Å². The Balaban J connectivity index is 2.47. The largest absolute Gasteiger partial charge is 0.497 e. The fourth-order valence-corrected chi connectivity index (χ4v) is 4.60. The van der Waals surface area contributed by atoms with Crippen LogP contribution in [-0.4, -0.2) is 56.6 Å². The molecule has 1 atom stereocenters. The van der Waals surface area contributed by atoms with Crippen LogP contribution in [-0.2, 0) is 26.2 Å². The van der Waals surface area contributed by atoms with Gasteiger partial charge >= 0.3 is 0 Å². The van der Waals surface area contributed by atoms with Crippen molar-refractivity contribution in [1.82, 2.24) is 10.2 Å². The summed E-state index contributed by atoms with van der Waals surface area (Å²) in [6, 6.07) is 13.4. The second-order valence-corrected chi connectivity index (χ2v) is 11.6. The monoisotopic (exact) mass is 503 g/mol. The Morgan fingerprint density at radius 1 is 1.09 bits per heavy atom. The first-order chi connectivity index (χ1) is 16.2. The molecule has 2 amide bonds. The number of hydrogen-bond acceptors (Lipinski definition) is 5. The minimum atomic E-state index is -3.80. The third-order valence-corrected chi connectivity index (χ3v) is 6.48. The van der Waals surface area contributed by atoms with Gasteiger partial charge in [0.15, 0.2) is 0 Å². The lowest BCUT2D eigenvalue weighted by Gasteiger charge is -2.34. The molecule has 0 aliphatic rings. The SMILES string of the molecule is CC[C@H](C(=O)NC(C)(C)C)N(Cc1cccc(C)c1)C(=O)CN(c1cccc(OC)c1)S(C)(=O)=O. The standard InChI is InChI=1S/C26H37N3O5S/c1-8-23(25(31)27-26(3,4)5)28(17-20-12-9-11-19(2)15-20)24(30)18-29(35(7,32)33)21-13-10-14-22(16-21)34-6/h9-16,23H,8,17-18H2,1-7H3,(H,27,31)/t23-/m1/s1. The van der Waals surface area contributed by atoms with E-state index >= 15 is 0 Å². The average Bonchev–Trinajstić information content (AvgIpc) is 2.75. The van der Waals surface area contributed by atoms with Gasteiger partial charge in [0.1, 0.15) is 18.3 Å². The predicted molar refractivity (Wildman–Crippen MR) is 139 cm³/mol. The summed E-state index contributed by atoms with van der Waals surface area (Å²) in [5.41, 5.74) is 1.70. The fraction of sp³-hybridized carbons (Fsp3) is 0.462. The van der Waals surface area contributed by atoms with Crippen molar-refractivity contribution >= 4 is 27.5 Å². The number of methoxy groups -OCH3 is 1. The van der Waals surface area contributed by atoms with Gasteiger partial charge in [-0.1, -0.05) is 42.8 Å². The van der Waals surface area contributed by atoms with Crippen LogP contribution in [0.15, 0.2) is 48.5 Å². The van der Waals surface area contributed by atoms with Gasteiger partial charge in [-0.25, -0.2) is 8.42 Å². The van der Waals surface area contributed by atoms with E-state index in [-0.39, 0.29) is 12.5 Å². The minimum Gasteiger partial charge on any atom is -0.497 e. The molecule has 0 spiro atoms. The van der Waals surface area contributed by atoms with Gasteiger partial charge in [-0.15, -0.1) is 0 Å². The van der Waals surface area contributed by atoms with Gasteiger partial charge in [0.25, 0.3) is 0 Å². The number of sulfonamides is 1. The molecular weight excluding hydrogens is 466 g/mol. The fourth-order valence-electron chi connectivity index (χ4n) is 3.76. The number of nitrogens with one attached hydrogen (secondary N) is 1. The minimum absolute atomic E-state index is 0.173. The molecule has 0 aromatic heterocycles. The lowest BCUT2D eigenvalue weighted by Crippen LogP contribution is -2.55. The summed E-state index contributed by atoms with van der Waals surface area (Å²) in [5, 5.41) is 2.95. The van der Waals surface area contributed by atoms with E-state index < -0.39 is 34.1 Å². The molecule has 0 fully saturated rings. The maximum atomic E-state index is 13.7. The molecule has 1 N–H and O–H groups in total. The second-order valence-electron chi connectivity index (χ2n) is 9.65. The molecule has 9 heteroatoms. The van der Waals surface area contributed by atoms with Crippen molar-refractivity contribution in [3.8, 4) is 5.75 Å². The molecular formula is C26H37N3O5S. The molecule has 0 heterocycles. The van der Waals surface area contributed by atoms with Gasteiger partial charge in [0.05, 0.1) is 19.1 Å². The van der Waals surface area contributed by atoms with Crippen molar-refractivity contribution < 1.29 is 22.7 Å². The third-order valence-electron chi connectivity index (χ3n) is 5.34. The summed E-state index contributed by atoms with van der Waals surface area (Å²) in [4.78, 5) is 28.3. The number of aryl methyl sites for hydroxylation is 1. The quantitative estimate of drug-likeness (QED) is 0.535. The molecule has 0 saturated carbocycles. The lowest BCUT2D eigenvalue weighted by molar-refractivity contribution is -0.141. The molecule has 2 rings (SSSR count). The van der Waals surface area contributed by atoms with Crippen molar-refractivity contribution in [3.05, 3.63) is 59.7 Å². The molecule has 0 bridgehead atoms. The highest BCUT2D eigenvalue weighted by atomic mass is 32.2. The van der Waals surface area contributed by atoms with Crippen LogP contribution in [0.5, 0.6) is 5.75 Å². The van der Waals surface area contributed by atoms with Crippen molar-refractivity contribution in [1.29, 1.82) is 0 Å². The number of ether oxygens (including phenoxy) is 1. The van der Waals surface area contributed by atoms with Crippen molar-refractivity contribution in [2.24, 2.45) is 0 Å². The Bertz CT molecular complexity index is 1140. The molecule has 0 aliphatic carbocycles. The molecule has 2 aromatic carbocycles. The molecule has 8 nitrogen and oxygen atoms in total. The number of benzene rings is 2. The van der Waals surface area contributed by atoms with E-state index in [1.807, 2.05) is 58.9 Å². The first kappa shape index (κ1) is 28.2. The number of anilines is 1. The van der Waals surface area contributed by atoms with Crippen LogP contribution in [0.3, 0.4) is 0 Å². The molecule has 0 unspecified atom stereocenters. The van der Waals surface area contributed by atoms with Crippen LogP contribution in [0.4, 0.5) is 5.69 Å². The maximum absolute atomic E-state index is 13.7. The summed E-state index contributed by atoms with van der Waals surface area (Å²) in [7, 11) is -2.32. The van der Waals surface area contributed by atoms with E-state index in [2.05, 4.69) is 5.32 Å². The van der Waals surface area contributed by atoms with Crippen LogP contribution in [0.25, 0.3) is 0 Å². The highest BCUT2D eigenvalue weighted by molar-refractivity contribution is 7.92. The summed E-state index contributed by atoms with van der Waals surface area (Å²) >= 11 is 0. The van der Waals surface area contributed by atoms with E-state index in [1.54, 1.807) is 24.3 Å². The van der Waals surface area contributed by atoms with Gasteiger partial charge in [0.2, 0.25) is 21.8 Å². The van der Waals surface area contributed by atoms with Crippen molar-refractivity contribution in [3.63, 3.8) is 0 Å². The highest BCUT2D eigenvalue weighted by Gasteiger charge is 2.33. The topological polar surface area (TPSA) is 96.0 Å². The summed E-state index contributed by atoms with van der Waals surface area (Å²) in [5.74, 6) is -0.292. The van der Waals surface area contributed by atoms with Crippen LogP contribution >= 0.6 is 0 Å². The Morgan fingerprint density at radius 3 is 2.29 bits per heavy atom. The van der Waals surface area contributed by atoms with Crippen LogP contribution in [0.1, 0.15) is 45.2 Å². The normalized spacial score (nSPS) is 12.5. The van der Waals surface area contributed by atoms with Crippen LogP contribution in [0.2, 0.25) is 0 Å². The molecule has 0 aliphatic heterocycles. The molecule has 0 radical (unpaired) electrons. The van der Waals surface area contributed by atoms with Crippen LogP contribution < -0.4 is 14.4 Å². The van der Waals surface area contributed by atoms with E-state index in [9.17, 15) is 18.0 Å². The first-order valence-corrected chi connectivity index (χ1v) is 13.4. The Morgan fingerprint density at radius 2 is 1.74 bits per heavy atom. The lowest BCUT2D eigenvalue weighted by atomic mass is 10.0. The summed E-state index contributed by atoms with van der Waals surface area (Å²) < 4.78 is 31.6. The van der Waals surface area contributed by atoms with Gasteiger partial charge in [-0.3, -0.25) is 13.9 Å². The number of carbonyl (C=O) groups excluding carboxylic acids is 2. The Kier molecular flexibility index (Phi) is 9.31. The zero-order valence-electron chi connectivity index (χ0n) is 21.7. The van der Waals surface area contributed by atoms with Gasteiger partial charge in [-0.2, -0.15) is 0 Å². The van der Waals surface area contributed by atoms with E-state index in [4.69, 9.17) is 4.74 Å². The third kappa shape index (κ3) is 8.28. The Hall–Kier alpha value is -3.07. The summed E-state index contributed by atoms with van der Waals surface area (Å²) in [6.07, 6.45) is 1.42. The Labute approximate surface area is 209 Å². The number of rotatable bonds is 10. The van der Waals surface area contributed by atoms with E-state index in [0.29, 0.717) is 17.9 Å². The van der Waals surface area contributed by atoms with Gasteiger partial charge in [0, 0.05) is 18.2 Å². The number of hydrogen-bond donors (Lipinski definition) is 1. The van der Waals surface area contributed by atoms with E-state index in [1.165, 1.54) is 12.0 Å². The smallest absolute Gasteiger partial charge is 0.244 e. The highest BCUT2D eigenvalue weighted by Crippen LogP contribution is 2.24. The number of nitrogens with zero attached hydrogens (tertiary/aromatic N) is 2. The zero-order valence-corrected chi connectivity index (χ0v) is 22.5. The van der Waals surface area contributed by atoms with Crippen molar-refractivity contribution in [2.75, 3.05) is 24.2 Å².